The number of thioether (sulfide) groups is 1. The Morgan fingerprint density at radius 2 is 1.81 bits per heavy atom. The van der Waals surface area contributed by atoms with E-state index in [4.69, 9.17) is 9.47 Å². The Bertz CT molecular complexity index is 1050. The van der Waals surface area contributed by atoms with E-state index in [9.17, 15) is 9.59 Å². The molecule has 0 aliphatic carbocycles. The van der Waals surface area contributed by atoms with E-state index in [0.717, 1.165) is 15.7 Å². The lowest BCUT2D eigenvalue weighted by atomic mass is 10.2. The van der Waals surface area contributed by atoms with Crippen LogP contribution in [0.4, 0.5) is 11.4 Å². The van der Waals surface area contributed by atoms with Gasteiger partial charge in [-0.2, -0.15) is 0 Å². The highest BCUT2D eigenvalue weighted by atomic mass is 32.2. The first-order valence-electron chi connectivity index (χ1n) is 9.42. The number of methoxy groups -OCH3 is 2. The summed E-state index contributed by atoms with van der Waals surface area (Å²) in [5.74, 6) is 1.27. The molecule has 0 aliphatic rings. The summed E-state index contributed by atoms with van der Waals surface area (Å²) in [6, 6.07) is 12.7. The lowest BCUT2D eigenvalue weighted by Gasteiger charge is -2.10. The highest BCUT2D eigenvalue weighted by Crippen LogP contribution is 2.26. The lowest BCUT2D eigenvalue weighted by Crippen LogP contribution is -2.15. The van der Waals surface area contributed by atoms with Crippen molar-refractivity contribution in [2.24, 2.45) is 0 Å². The van der Waals surface area contributed by atoms with Gasteiger partial charge in [-0.05, 0) is 48.9 Å². The van der Waals surface area contributed by atoms with Crippen LogP contribution in [0.3, 0.4) is 0 Å². The van der Waals surface area contributed by atoms with Gasteiger partial charge in [0.1, 0.15) is 11.5 Å². The number of aromatic nitrogens is 1. The summed E-state index contributed by atoms with van der Waals surface area (Å²) < 4.78 is 11.2. The molecule has 0 aliphatic heterocycles. The number of amides is 2. The van der Waals surface area contributed by atoms with Crippen LogP contribution in [0.15, 0.2) is 52.2 Å². The molecule has 2 aromatic carbocycles. The third-order valence-corrected chi connectivity index (χ3v) is 6.27. The second-order valence-electron chi connectivity index (χ2n) is 6.60. The van der Waals surface area contributed by atoms with E-state index >= 15 is 0 Å². The Kier molecular flexibility index (Phi) is 7.91. The highest BCUT2D eigenvalue weighted by molar-refractivity contribution is 8.01. The number of nitrogens with zero attached hydrogens (tertiary/aromatic N) is 1. The van der Waals surface area contributed by atoms with Crippen LogP contribution in [0.1, 0.15) is 11.3 Å². The summed E-state index contributed by atoms with van der Waals surface area (Å²) in [5.41, 5.74) is 3.03. The van der Waals surface area contributed by atoms with Crippen molar-refractivity contribution in [3.63, 3.8) is 0 Å². The molecule has 0 saturated carbocycles. The molecule has 3 aromatic rings. The van der Waals surface area contributed by atoms with E-state index in [2.05, 4.69) is 15.6 Å². The van der Waals surface area contributed by atoms with Crippen LogP contribution in [-0.4, -0.2) is 36.8 Å². The van der Waals surface area contributed by atoms with E-state index in [1.165, 1.54) is 23.1 Å². The molecule has 0 fully saturated rings. The number of carbonyl (C=O) groups excluding carboxylic acids is 2. The topological polar surface area (TPSA) is 89.5 Å². The number of rotatable bonds is 9. The van der Waals surface area contributed by atoms with Crippen molar-refractivity contribution in [3.05, 3.63) is 59.1 Å². The van der Waals surface area contributed by atoms with Gasteiger partial charge in [-0.15, -0.1) is 11.3 Å². The molecule has 0 atom stereocenters. The molecule has 0 unspecified atom stereocenters. The smallest absolute Gasteiger partial charge is 0.234 e. The maximum atomic E-state index is 12.4. The summed E-state index contributed by atoms with van der Waals surface area (Å²) in [7, 11) is 3.16. The van der Waals surface area contributed by atoms with Crippen molar-refractivity contribution in [1.82, 2.24) is 4.98 Å². The number of hydrogen-bond donors (Lipinski definition) is 2. The summed E-state index contributed by atoms with van der Waals surface area (Å²) in [6.45, 7) is 1.96. The minimum Gasteiger partial charge on any atom is -0.497 e. The van der Waals surface area contributed by atoms with Gasteiger partial charge in [-0.3, -0.25) is 9.59 Å². The molecule has 0 spiro atoms. The molecule has 3 rings (SSSR count). The fraction of sp³-hybridized carbons (Fsp3) is 0.227. The number of ether oxygens (including phenoxy) is 2. The summed E-state index contributed by atoms with van der Waals surface area (Å²) >= 11 is 2.75. The van der Waals surface area contributed by atoms with Crippen LogP contribution in [-0.2, 0) is 16.0 Å². The van der Waals surface area contributed by atoms with Gasteiger partial charge < -0.3 is 20.1 Å². The lowest BCUT2D eigenvalue weighted by molar-refractivity contribution is -0.116. The first-order valence-corrected chi connectivity index (χ1v) is 11.3. The summed E-state index contributed by atoms with van der Waals surface area (Å²) in [5, 5.41) is 7.51. The maximum absolute atomic E-state index is 12.4. The number of hydrogen-bond acceptors (Lipinski definition) is 7. The number of carbonyl (C=O) groups is 2. The minimum atomic E-state index is -0.179. The second kappa shape index (κ2) is 10.8. The zero-order valence-electron chi connectivity index (χ0n) is 17.4. The van der Waals surface area contributed by atoms with Crippen LogP contribution < -0.4 is 20.1 Å². The molecule has 7 nitrogen and oxygen atoms in total. The van der Waals surface area contributed by atoms with Crippen LogP contribution in [0.5, 0.6) is 11.5 Å². The normalized spacial score (nSPS) is 10.4. The minimum absolute atomic E-state index is 0.129. The van der Waals surface area contributed by atoms with Crippen molar-refractivity contribution >= 4 is 46.3 Å². The number of aryl methyl sites for hydroxylation is 1. The van der Waals surface area contributed by atoms with Gasteiger partial charge in [0.25, 0.3) is 0 Å². The zero-order valence-corrected chi connectivity index (χ0v) is 19.1. The average molecular weight is 458 g/mol. The monoisotopic (exact) mass is 457 g/mol. The van der Waals surface area contributed by atoms with Gasteiger partial charge >= 0.3 is 0 Å². The molecule has 1 aromatic heterocycles. The fourth-order valence-corrected chi connectivity index (χ4v) is 4.34. The van der Waals surface area contributed by atoms with Crippen molar-refractivity contribution in [3.8, 4) is 11.5 Å². The summed E-state index contributed by atoms with van der Waals surface area (Å²) in [4.78, 5) is 29.0. The Balaban J connectivity index is 1.48. The Hall–Kier alpha value is -3.04. The standard InChI is InChI=1S/C22H23N3O4S2/c1-14-4-9-18(19(10-14)29-3)25-20(26)11-16-12-30-22(24-16)31-13-21(27)23-15-5-7-17(28-2)8-6-15/h4-10,12H,11,13H2,1-3H3,(H,23,27)(H,25,26). The van der Waals surface area contributed by atoms with Gasteiger partial charge in [0.2, 0.25) is 11.8 Å². The molecule has 2 amide bonds. The average Bonchev–Trinajstić information content (AvgIpc) is 3.21. The van der Waals surface area contributed by atoms with Gasteiger partial charge in [0.15, 0.2) is 4.34 Å². The Morgan fingerprint density at radius 1 is 1.03 bits per heavy atom. The molecule has 9 heteroatoms. The van der Waals surface area contributed by atoms with Gasteiger partial charge in [-0.25, -0.2) is 4.98 Å². The second-order valence-corrected chi connectivity index (χ2v) is 8.68. The maximum Gasteiger partial charge on any atom is 0.234 e. The molecule has 31 heavy (non-hydrogen) atoms. The Labute approximate surface area is 189 Å². The third kappa shape index (κ3) is 6.73. The first kappa shape index (κ1) is 22.6. The number of thiazole rings is 1. The van der Waals surface area contributed by atoms with E-state index < -0.39 is 0 Å². The molecule has 0 bridgehead atoms. The van der Waals surface area contributed by atoms with E-state index in [0.29, 0.717) is 22.8 Å². The van der Waals surface area contributed by atoms with E-state index in [1.807, 2.05) is 30.5 Å². The van der Waals surface area contributed by atoms with Gasteiger partial charge in [0.05, 0.1) is 37.8 Å². The molecular formula is C22H23N3O4S2. The van der Waals surface area contributed by atoms with E-state index in [1.54, 1.807) is 38.5 Å². The SMILES string of the molecule is COc1ccc(NC(=O)CSc2nc(CC(=O)Nc3ccc(C)cc3OC)cs2)cc1. The number of anilines is 2. The number of benzene rings is 2. The van der Waals surface area contributed by atoms with Gasteiger partial charge in [-0.1, -0.05) is 17.8 Å². The van der Waals surface area contributed by atoms with Crippen molar-refractivity contribution in [1.29, 1.82) is 0 Å². The van der Waals surface area contributed by atoms with E-state index in [-0.39, 0.29) is 24.0 Å². The van der Waals surface area contributed by atoms with Gasteiger partial charge in [0, 0.05) is 11.1 Å². The molecule has 2 N–H and O–H groups in total. The van der Waals surface area contributed by atoms with Crippen LogP contribution in [0, 0.1) is 6.92 Å². The quantitative estimate of drug-likeness (QED) is 0.464. The molecular weight excluding hydrogens is 434 g/mol. The number of nitrogens with one attached hydrogen (secondary N) is 2. The molecule has 1 heterocycles. The van der Waals surface area contributed by atoms with Crippen LogP contribution in [0.2, 0.25) is 0 Å². The fourth-order valence-electron chi connectivity index (χ4n) is 2.70. The summed E-state index contributed by atoms with van der Waals surface area (Å²) in [6.07, 6.45) is 0.145. The largest absolute Gasteiger partial charge is 0.497 e. The molecule has 0 saturated heterocycles. The molecule has 0 radical (unpaired) electrons. The predicted octanol–water partition coefficient (Wildman–Crippen LogP) is 4.38. The van der Waals surface area contributed by atoms with Crippen molar-refractivity contribution in [2.75, 3.05) is 30.6 Å². The first-order chi connectivity index (χ1) is 15.0. The van der Waals surface area contributed by atoms with Crippen LogP contribution in [0.25, 0.3) is 0 Å². The predicted molar refractivity (Wildman–Crippen MR) is 125 cm³/mol. The molecule has 162 valence electrons. The Morgan fingerprint density at radius 3 is 2.52 bits per heavy atom. The highest BCUT2D eigenvalue weighted by Gasteiger charge is 2.12. The zero-order chi connectivity index (χ0) is 22.2. The van der Waals surface area contributed by atoms with Crippen LogP contribution >= 0.6 is 23.1 Å². The van der Waals surface area contributed by atoms with Crippen molar-refractivity contribution < 1.29 is 19.1 Å². The van der Waals surface area contributed by atoms with Crippen molar-refractivity contribution in [2.45, 2.75) is 17.7 Å². The third-order valence-electron chi connectivity index (χ3n) is 4.20.